The van der Waals surface area contributed by atoms with Crippen LogP contribution in [-0.4, -0.2) is 44.4 Å². The summed E-state index contributed by atoms with van der Waals surface area (Å²) in [4.78, 5) is 11.6. The molecule has 4 nitrogen and oxygen atoms in total. The number of carbonyl (C=O) groups is 1. The maximum absolute atomic E-state index is 11.6. The van der Waals surface area contributed by atoms with Gasteiger partial charge in [-0.1, -0.05) is 0 Å². The molecule has 0 spiro atoms. The van der Waals surface area contributed by atoms with E-state index >= 15 is 0 Å². The monoisotopic (exact) mass is 331 g/mol. The van der Waals surface area contributed by atoms with Crippen molar-refractivity contribution in [3.8, 4) is 0 Å². The first-order chi connectivity index (χ1) is 8.90. The molecule has 0 heterocycles. The number of hydrogen-bond donors (Lipinski definition) is 2. The molecule has 5 heteroatoms. The van der Waals surface area contributed by atoms with E-state index in [-0.39, 0.29) is 27.6 Å². The van der Waals surface area contributed by atoms with Gasteiger partial charge in [0, 0.05) is 0 Å². The number of carbonyl (C=O) groups excluding carboxylic acids is 1. The Morgan fingerprint density at radius 2 is 2.00 bits per heavy atom. The van der Waals surface area contributed by atoms with Crippen LogP contribution in [0.2, 0.25) is 5.32 Å². The minimum absolute atomic E-state index is 0.0756. The number of aliphatic hydroxyl groups is 1. The first kappa shape index (κ1) is 16.0. The predicted molar refractivity (Wildman–Crippen MR) is 76.9 cm³/mol. The second-order valence-electron chi connectivity index (χ2n) is 5.15. The maximum atomic E-state index is 11.6. The molecule has 106 valence electrons. The Balaban J connectivity index is 2.39. The second kappa shape index (κ2) is 7.53. The number of rotatable bonds is 5. The summed E-state index contributed by atoms with van der Waals surface area (Å²) >= 11 is 0.226. The molecule has 0 saturated heterocycles. The van der Waals surface area contributed by atoms with Crippen molar-refractivity contribution in [1.29, 1.82) is 0 Å². The van der Waals surface area contributed by atoms with Gasteiger partial charge >= 0.3 is 120 Å². The van der Waals surface area contributed by atoms with Crippen LogP contribution in [0.3, 0.4) is 0 Å². The summed E-state index contributed by atoms with van der Waals surface area (Å²) in [7, 11) is 0. The van der Waals surface area contributed by atoms with Gasteiger partial charge in [-0.25, -0.2) is 0 Å². The Morgan fingerprint density at radius 3 is 2.53 bits per heavy atom. The topological polar surface area (TPSA) is 58.6 Å². The number of benzene rings is 1. The third-order valence-corrected chi connectivity index (χ3v) is 4.60. The molecule has 1 atom stereocenters. The summed E-state index contributed by atoms with van der Waals surface area (Å²) in [6, 6.07) is 9.82. The number of ether oxygens (including phenoxy) is 1. The van der Waals surface area contributed by atoms with Gasteiger partial charge in [0.1, 0.15) is 0 Å². The first-order valence-electron chi connectivity index (χ1n) is 6.19. The van der Waals surface area contributed by atoms with Gasteiger partial charge in [0.25, 0.3) is 0 Å². The number of hydrogen-bond acceptors (Lipinski definition) is 3. The summed E-state index contributed by atoms with van der Waals surface area (Å²) in [6.07, 6.45) is -0.476. The van der Waals surface area contributed by atoms with E-state index < -0.39 is 11.7 Å². The van der Waals surface area contributed by atoms with E-state index in [4.69, 9.17) is 4.74 Å². The Morgan fingerprint density at radius 1 is 1.37 bits per heavy atom. The molecule has 0 unspecified atom stereocenters. The van der Waals surface area contributed by atoms with Crippen LogP contribution in [0.5, 0.6) is 0 Å². The molecule has 0 aliphatic carbocycles. The van der Waals surface area contributed by atoms with Crippen LogP contribution < -0.4 is 9.78 Å². The third-order valence-electron chi connectivity index (χ3n) is 2.14. The van der Waals surface area contributed by atoms with Crippen molar-refractivity contribution in [2.45, 2.75) is 37.7 Å². The zero-order valence-electron chi connectivity index (χ0n) is 11.6. The molecule has 0 aliphatic heterocycles. The second-order valence-corrected chi connectivity index (χ2v) is 7.44. The van der Waals surface area contributed by atoms with Crippen LogP contribution in [0.1, 0.15) is 20.8 Å². The Kier molecular flexibility index (Phi) is 6.35. The van der Waals surface area contributed by atoms with Crippen molar-refractivity contribution in [1.82, 2.24) is 5.32 Å². The summed E-state index contributed by atoms with van der Waals surface area (Å²) in [6.45, 7) is 5.37. The fraction of sp³-hybridized carbons (Fsp3) is 0.500. The van der Waals surface area contributed by atoms with Crippen LogP contribution in [0.4, 0.5) is 4.79 Å². The van der Waals surface area contributed by atoms with Crippen LogP contribution in [0.15, 0.2) is 30.3 Å². The van der Waals surface area contributed by atoms with Gasteiger partial charge in [-0.05, 0) is 0 Å². The molecule has 0 radical (unpaired) electrons. The van der Waals surface area contributed by atoms with Gasteiger partial charge in [-0.15, -0.1) is 0 Å². The Bertz CT molecular complexity index is 389. The fourth-order valence-corrected chi connectivity index (χ4v) is 3.28. The molecule has 0 fully saturated rings. The summed E-state index contributed by atoms with van der Waals surface area (Å²) in [5.74, 6) is 0. The molecule has 1 amide bonds. The molecule has 2 N–H and O–H groups in total. The van der Waals surface area contributed by atoms with Crippen molar-refractivity contribution in [2.75, 3.05) is 6.61 Å². The van der Waals surface area contributed by atoms with Crippen LogP contribution in [-0.2, 0) is 4.74 Å². The predicted octanol–water partition coefficient (Wildman–Crippen LogP) is 1.32. The van der Waals surface area contributed by atoms with Crippen molar-refractivity contribution in [2.24, 2.45) is 0 Å². The van der Waals surface area contributed by atoms with Crippen molar-refractivity contribution >= 4 is 25.5 Å². The molecule has 1 rings (SSSR count). The SMILES string of the molecule is CC(C)(C)OC(=O)N[C@H](CO)C[Se]c1ccccc1. The van der Waals surface area contributed by atoms with Gasteiger partial charge in [-0.2, -0.15) is 0 Å². The van der Waals surface area contributed by atoms with E-state index in [1.54, 1.807) is 0 Å². The zero-order chi connectivity index (χ0) is 14.3. The van der Waals surface area contributed by atoms with E-state index in [9.17, 15) is 9.90 Å². The van der Waals surface area contributed by atoms with Crippen LogP contribution >= 0.6 is 0 Å². The molecular weight excluding hydrogens is 309 g/mol. The molecular formula is C14H21NO3Se. The van der Waals surface area contributed by atoms with Gasteiger partial charge < -0.3 is 0 Å². The van der Waals surface area contributed by atoms with E-state index in [0.29, 0.717) is 0 Å². The Labute approximate surface area is 120 Å². The molecule has 0 aliphatic rings. The molecule has 0 aromatic heterocycles. The standard InChI is InChI=1S/C14H21NO3Se/c1-14(2,3)18-13(17)15-11(9-16)10-19-12-7-5-4-6-8-12/h4-8,11,16H,9-10H2,1-3H3,(H,15,17)/t11-/m1/s1. The van der Waals surface area contributed by atoms with Gasteiger partial charge in [0.05, 0.1) is 0 Å². The quantitative estimate of drug-likeness (QED) is 0.801. The van der Waals surface area contributed by atoms with Crippen LogP contribution in [0, 0.1) is 0 Å². The molecule has 1 aromatic carbocycles. The van der Waals surface area contributed by atoms with Crippen molar-refractivity contribution < 1.29 is 14.6 Å². The number of alkyl carbamates (subject to hydrolysis) is 1. The van der Waals surface area contributed by atoms with E-state index in [0.717, 1.165) is 5.32 Å². The van der Waals surface area contributed by atoms with E-state index in [1.165, 1.54) is 4.46 Å². The molecule has 0 saturated carbocycles. The number of nitrogens with one attached hydrogen (secondary N) is 1. The van der Waals surface area contributed by atoms with Crippen LogP contribution in [0.25, 0.3) is 0 Å². The number of aliphatic hydroxyl groups excluding tert-OH is 1. The molecule has 1 aromatic rings. The molecule has 0 bridgehead atoms. The van der Waals surface area contributed by atoms with Gasteiger partial charge in [0.2, 0.25) is 0 Å². The van der Waals surface area contributed by atoms with Gasteiger partial charge in [0.15, 0.2) is 0 Å². The normalized spacial score (nSPS) is 12.8. The average molecular weight is 330 g/mol. The van der Waals surface area contributed by atoms with Gasteiger partial charge in [-0.3, -0.25) is 0 Å². The van der Waals surface area contributed by atoms with Crippen molar-refractivity contribution in [3.63, 3.8) is 0 Å². The van der Waals surface area contributed by atoms with E-state index in [1.807, 2.05) is 39.0 Å². The summed E-state index contributed by atoms with van der Waals surface area (Å²) < 4.78 is 6.42. The third kappa shape index (κ3) is 7.21. The minimum atomic E-state index is -0.519. The van der Waals surface area contributed by atoms with E-state index in [2.05, 4.69) is 17.4 Å². The van der Waals surface area contributed by atoms with Crippen molar-refractivity contribution in [3.05, 3.63) is 30.3 Å². The summed E-state index contributed by atoms with van der Waals surface area (Å²) in [5, 5.41) is 12.7. The summed E-state index contributed by atoms with van der Waals surface area (Å²) in [5.41, 5.74) is -0.519. The first-order valence-corrected chi connectivity index (χ1v) is 8.26. The number of amides is 1. The average Bonchev–Trinajstić information content (AvgIpc) is 2.33. The zero-order valence-corrected chi connectivity index (χ0v) is 13.3. The Hall–Kier alpha value is -1.03. The fourth-order valence-electron chi connectivity index (χ4n) is 1.33. The molecule has 19 heavy (non-hydrogen) atoms.